The van der Waals surface area contributed by atoms with Crippen LogP contribution in [0.4, 0.5) is 5.82 Å². The van der Waals surface area contributed by atoms with Crippen molar-refractivity contribution < 1.29 is 5.11 Å². The average molecular weight is 241 g/mol. The number of aryl methyl sites for hydroxylation is 2. The van der Waals surface area contributed by atoms with E-state index in [1.807, 2.05) is 20.0 Å². The van der Waals surface area contributed by atoms with Gasteiger partial charge in [-0.2, -0.15) is 5.10 Å². The lowest BCUT2D eigenvalue weighted by atomic mass is 10.2. The molecule has 3 N–H and O–H groups in total. The highest BCUT2D eigenvalue weighted by molar-refractivity contribution is 6.31. The van der Waals surface area contributed by atoms with Crippen molar-refractivity contribution in [2.45, 2.75) is 13.2 Å². The normalized spacial score (nSPS) is 20.8. The van der Waals surface area contributed by atoms with Gasteiger partial charge in [0, 0.05) is 25.0 Å². The Bertz CT molecular complexity index is 458. The third-order valence-electron chi connectivity index (χ3n) is 2.49. The number of aromatic nitrogens is 2. The molecule has 16 heavy (non-hydrogen) atoms. The molecule has 1 aliphatic rings. The zero-order valence-corrected chi connectivity index (χ0v) is 9.81. The summed E-state index contributed by atoms with van der Waals surface area (Å²) >= 11 is 5.89. The van der Waals surface area contributed by atoms with Gasteiger partial charge in [-0.3, -0.25) is 9.58 Å². The number of aliphatic hydroxyl groups is 1. The summed E-state index contributed by atoms with van der Waals surface area (Å²) in [6.45, 7) is 1.93. The monoisotopic (exact) mass is 240 g/mol. The lowest BCUT2D eigenvalue weighted by molar-refractivity contribution is 0.211. The molecular formula is C10H13ClN4O. The van der Waals surface area contributed by atoms with Gasteiger partial charge in [0.1, 0.15) is 0 Å². The van der Waals surface area contributed by atoms with Gasteiger partial charge in [0.15, 0.2) is 12.0 Å². The molecule has 0 fully saturated rings. The van der Waals surface area contributed by atoms with Crippen molar-refractivity contribution in [3.63, 3.8) is 0 Å². The van der Waals surface area contributed by atoms with Gasteiger partial charge in [-0.25, -0.2) is 0 Å². The highest BCUT2D eigenvalue weighted by Crippen LogP contribution is 2.24. The van der Waals surface area contributed by atoms with Crippen LogP contribution in [-0.4, -0.2) is 21.1 Å². The summed E-state index contributed by atoms with van der Waals surface area (Å²) in [5.74, 6) is 0.613. The summed E-state index contributed by atoms with van der Waals surface area (Å²) in [7, 11) is 1.83. The molecule has 0 aliphatic carbocycles. The molecule has 5 nitrogen and oxygen atoms in total. The van der Waals surface area contributed by atoms with Gasteiger partial charge in [0.25, 0.3) is 0 Å². The third-order valence-corrected chi connectivity index (χ3v) is 2.70. The summed E-state index contributed by atoms with van der Waals surface area (Å²) in [4.78, 5) is 1.53. The highest BCUT2D eigenvalue weighted by atomic mass is 35.5. The van der Waals surface area contributed by atoms with Crippen molar-refractivity contribution in [2.75, 3.05) is 4.90 Å². The van der Waals surface area contributed by atoms with Crippen molar-refractivity contribution in [1.29, 1.82) is 0 Å². The first kappa shape index (κ1) is 11.0. The fourth-order valence-electron chi connectivity index (χ4n) is 1.49. The molecular weight excluding hydrogens is 228 g/mol. The molecule has 0 saturated carbocycles. The Morgan fingerprint density at radius 2 is 2.25 bits per heavy atom. The third kappa shape index (κ3) is 1.79. The number of nitrogens with zero attached hydrogens (tertiary/aromatic N) is 3. The molecule has 1 aromatic heterocycles. The fourth-order valence-corrected chi connectivity index (χ4v) is 1.73. The predicted molar refractivity (Wildman–Crippen MR) is 62.6 cm³/mol. The molecule has 86 valence electrons. The van der Waals surface area contributed by atoms with E-state index in [0.717, 1.165) is 5.69 Å². The molecule has 0 aromatic carbocycles. The number of aliphatic hydroxyl groups excluding tert-OH is 1. The Kier molecular flexibility index (Phi) is 2.65. The lowest BCUT2D eigenvalue weighted by Crippen LogP contribution is -2.37. The van der Waals surface area contributed by atoms with Crippen molar-refractivity contribution in [3.05, 3.63) is 34.8 Å². The van der Waals surface area contributed by atoms with E-state index < -0.39 is 6.23 Å². The molecule has 0 saturated heterocycles. The van der Waals surface area contributed by atoms with Gasteiger partial charge in [0.05, 0.1) is 10.7 Å². The van der Waals surface area contributed by atoms with E-state index in [0.29, 0.717) is 16.5 Å². The largest absolute Gasteiger partial charge is 0.398 e. The van der Waals surface area contributed by atoms with Crippen LogP contribution in [0.25, 0.3) is 0 Å². The number of allylic oxidation sites excluding steroid dienone is 2. The van der Waals surface area contributed by atoms with E-state index in [2.05, 4.69) is 5.10 Å². The predicted octanol–water partition coefficient (Wildman–Crippen LogP) is 0.790. The van der Waals surface area contributed by atoms with Gasteiger partial charge in [-0.05, 0) is 13.0 Å². The smallest absolute Gasteiger partial charge is 0.172 e. The summed E-state index contributed by atoms with van der Waals surface area (Å²) in [6, 6.07) is 1.85. The van der Waals surface area contributed by atoms with Crippen LogP contribution in [0.2, 0.25) is 0 Å². The molecule has 0 amide bonds. The maximum absolute atomic E-state index is 9.89. The van der Waals surface area contributed by atoms with Crippen molar-refractivity contribution in [1.82, 2.24) is 9.78 Å². The van der Waals surface area contributed by atoms with Gasteiger partial charge >= 0.3 is 0 Å². The second-order valence-corrected chi connectivity index (χ2v) is 4.14. The van der Waals surface area contributed by atoms with Crippen LogP contribution in [0, 0.1) is 6.92 Å². The van der Waals surface area contributed by atoms with Crippen molar-refractivity contribution in [2.24, 2.45) is 12.8 Å². The average Bonchev–Trinajstić information content (AvgIpc) is 2.53. The van der Waals surface area contributed by atoms with E-state index in [1.54, 1.807) is 10.9 Å². The molecule has 2 rings (SSSR count). The fraction of sp³-hybridized carbons (Fsp3) is 0.300. The van der Waals surface area contributed by atoms with Crippen molar-refractivity contribution in [3.8, 4) is 0 Å². The summed E-state index contributed by atoms with van der Waals surface area (Å²) in [6.07, 6.45) is 2.21. The molecule has 0 bridgehead atoms. The summed E-state index contributed by atoms with van der Waals surface area (Å²) in [5, 5.41) is 14.6. The molecule has 0 spiro atoms. The maximum atomic E-state index is 9.89. The van der Waals surface area contributed by atoms with Crippen LogP contribution in [0.1, 0.15) is 5.69 Å². The van der Waals surface area contributed by atoms with E-state index in [9.17, 15) is 5.11 Å². The molecule has 6 heteroatoms. The Balaban J connectivity index is 2.38. The standard InChI is InChI=1S/C10H13ClN4O/c1-6-3-9(13-14(6)2)15-5-7(11)4-8(12)10(15)16/h3-5,10,16H,12H2,1-2H3. The SMILES string of the molecule is Cc1cc(N2C=C(Cl)C=C(N)C2O)nn1C. The van der Waals surface area contributed by atoms with Crippen LogP contribution in [0.15, 0.2) is 29.1 Å². The van der Waals surface area contributed by atoms with Gasteiger partial charge in [0.2, 0.25) is 0 Å². The van der Waals surface area contributed by atoms with E-state index in [4.69, 9.17) is 17.3 Å². The van der Waals surface area contributed by atoms with Crippen LogP contribution in [-0.2, 0) is 7.05 Å². The molecule has 1 aromatic rings. The van der Waals surface area contributed by atoms with Crippen LogP contribution < -0.4 is 10.6 Å². The Hall–Kier alpha value is -1.46. The van der Waals surface area contributed by atoms with Crippen molar-refractivity contribution >= 4 is 17.4 Å². The van der Waals surface area contributed by atoms with Crippen LogP contribution >= 0.6 is 11.6 Å². The molecule has 1 unspecified atom stereocenters. The first-order chi connectivity index (χ1) is 7.49. The second-order valence-electron chi connectivity index (χ2n) is 3.71. The van der Waals surface area contributed by atoms with E-state index >= 15 is 0 Å². The molecule has 1 aliphatic heterocycles. The minimum absolute atomic E-state index is 0.302. The number of halogens is 1. The summed E-state index contributed by atoms with van der Waals surface area (Å²) < 4.78 is 1.72. The van der Waals surface area contributed by atoms with Crippen LogP contribution in [0.5, 0.6) is 0 Å². The molecule has 0 radical (unpaired) electrons. The highest BCUT2D eigenvalue weighted by Gasteiger charge is 2.23. The Labute approximate surface area is 98.4 Å². The Morgan fingerprint density at radius 3 is 2.81 bits per heavy atom. The minimum Gasteiger partial charge on any atom is -0.398 e. The van der Waals surface area contributed by atoms with Gasteiger partial charge < -0.3 is 10.8 Å². The lowest BCUT2D eigenvalue weighted by Gasteiger charge is -2.27. The quantitative estimate of drug-likeness (QED) is 0.762. The maximum Gasteiger partial charge on any atom is 0.172 e. The number of rotatable bonds is 1. The summed E-state index contributed by atoms with van der Waals surface area (Å²) in [5.41, 5.74) is 6.94. The molecule has 2 heterocycles. The second kappa shape index (κ2) is 3.84. The minimum atomic E-state index is -0.920. The first-order valence-electron chi connectivity index (χ1n) is 4.80. The van der Waals surface area contributed by atoms with Gasteiger partial charge in [-0.1, -0.05) is 11.6 Å². The van der Waals surface area contributed by atoms with Gasteiger partial charge in [-0.15, -0.1) is 0 Å². The number of hydrogen-bond donors (Lipinski definition) is 2. The zero-order chi connectivity index (χ0) is 11.9. The van der Waals surface area contributed by atoms with E-state index in [1.165, 1.54) is 11.0 Å². The Morgan fingerprint density at radius 1 is 1.56 bits per heavy atom. The first-order valence-corrected chi connectivity index (χ1v) is 5.18. The topological polar surface area (TPSA) is 67.3 Å². The number of anilines is 1. The number of hydrogen-bond acceptors (Lipinski definition) is 4. The molecule has 1 atom stereocenters. The van der Waals surface area contributed by atoms with E-state index in [-0.39, 0.29) is 0 Å². The van der Waals surface area contributed by atoms with Crippen LogP contribution in [0.3, 0.4) is 0 Å². The number of nitrogens with two attached hydrogens (primary N) is 1. The zero-order valence-electron chi connectivity index (χ0n) is 9.05.